The molecule has 1 unspecified atom stereocenters. The Morgan fingerprint density at radius 1 is 1.20 bits per heavy atom. The average Bonchev–Trinajstić information content (AvgIpc) is 2.65. The van der Waals surface area contributed by atoms with E-state index in [1.807, 2.05) is 30.5 Å². The van der Waals surface area contributed by atoms with Crippen molar-refractivity contribution < 1.29 is 5.11 Å². The minimum atomic E-state index is -0.548. The lowest BCUT2D eigenvalue weighted by atomic mass is 10.0. The molecule has 78 valence electrons. The number of aliphatic hydroxyl groups is 1. The Morgan fingerprint density at radius 2 is 1.87 bits per heavy atom. The van der Waals surface area contributed by atoms with Gasteiger partial charge in [-0.3, -0.25) is 0 Å². The number of benzene rings is 1. The van der Waals surface area contributed by atoms with Crippen LogP contribution in [0.15, 0.2) is 35.7 Å². The number of aryl methyl sites for hydroxylation is 1. The Bertz CT molecular complexity index is 447. The number of thiophene rings is 1. The standard InChI is InChI=1S/C12H11ClOS/c1-8-11(6-7-15-8)12(14)9-2-4-10(13)5-3-9/h2-7,12,14H,1H3. The zero-order chi connectivity index (χ0) is 10.8. The number of halogens is 1. The number of rotatable bonds is 2. The van der Waals surface area contributed by atoms with E-state index in [1.165, 1.54) is 0 Å². The van der Waals surface area contributed by atoms with Gasteiger partial charge in [-0.15, -0.1) is 11.3 Å². The third-order valence-corrected chi connectivity index (χ3v) is 3.49. The van der Waals surface area contributed by atoms with Crippen molar-refractivity contribution in [2.45, 2.75) is 13.0 Å². The van der Waals surface area contributed by atoms with Crippen LogP contribution in [0.4, 0.5) is 0 Å². The predicted octanol–water partition coefficient (Wildman–Crippen LogP) is 3.79. The molecule has 1 heterocycles. The van der Waals surface area contributed by atoms with E-state index in [0.717, 1.165) is 16.0 Å². The van der Waals surface area contributed by atoms with E-state index >= 15 is 0 Å². The van der Waals surface area contributed by atoms with Crippen molar-refractivity contribution in [1.82, 2.24) is 0 Å². The van der Waals surface area contributed by atoms with Crippen LogP contribution in [0.3, 0.4) is 0 Å². The lowest BCUT2D eigenvalue weighted by Crippen LogP contribution is -1.98. The van der Waals surface area contributed by atoms with Gasteiger partial charge in [-0.05, 0) is 41.6 Å². The van der Waals surface area contributed by atoms with Gasteiger partial charge >= 0.3 is 0 Å². The molecule has 3 heteroatoms. The molecular weight excluding hydrogens is 228 g/mol. The van der Waals surface area contributed by atoms with E-state index in [4.69, 9.17) is 11.6 Å². The third-order valence-electron chi connectivity index (χ3n) is 2.38. The fraction of sp³-hybridized carbons (Fsp3) is 0.167. The molecule has 15 heavy (non-hydrogen) atoms. The molecule has 2 aromatic rings. The molecule has 0 aliphatic heterocycles. The molecule has 0 amide bonds. The van der Waals surface area contributed by atoms with Crippen molar-refractivity contribution in [1.29, 1.82) is 0 Å². The van der Waals surface area contributed by atoms with Crippen LogP contribution in [0.25, 0.3) is 0 Å². The van der Waals surface area contributed by atoms with Crippen molar-refractivity contribution in [3.05, 3.63) is 56.7 Å². The van der Waals surface area contributed by atoms with Gasteiger partial charge in [0.15, 0.2) is 0 Å². The van der Waals surface area contributed by atoms with E-state index in [2.05, 4.69) is 0 Å². The van der Waals surface area contributed by atoms with Crippen LogP contribution in [-0.2, 0) is 0 Å². The first-order valence-electron chi connectivity index (χ1n) is 4.66. The summed E-state index contributed by atoms with van der Waals surface area (Å²) in [4.78, 5) is 1.15. The fourth-order valence-corrected chi connectivity index (χ4v) is 2.36. The molecule has 0 saturated heterocycles. The molecule has 0 radical (unpaired) electrons. The maximum Gasteiger partial charge on any atom is 0.105 e. The SMILES string of the molecule is Cc1sccc1C(O)c1ccc(Cl)cc1. The highest BCUT2D eigenvalue weighted by molar-refractivity contribution is 7.10. The summed E-state index contributed by atoms with van der Waals surface area (Å²) in [5.41, 5.74) is 1.85. The number of hydrogen-bond acceptors (Lipinski definition) is 2. The van der Waals surface area contributed by atoms with Crippen molar-refractivity contribution in [3.8, 4) is 0 Å². The summed E-state index contributed by atoms with van der Waals surface area (Å²) in [7, 11) is 0. The molecule has 1 N–H and O–H groups in total. The van der Waals surface area contributed by atoms with Crippen LogP contribution < -0.4 is 0 Å². The van der Waals surface area contributed by atoms with Gasteiger partial charge in [-0.25, -0.2) is 0 Å². The fourth-order valence-electron chi connectivity index (χ4n) is 1.50. The summed E-state index contributed by atoms with van der Waals surface area (Å²) in [6.45, 7) is 2.01. The molecule has 1 aromatic heterocycles. The third kappa shape index (κ3) is 2.23. The van der Waals surface area contributed by atoms with Gasteiger partial charge in [0, 0.05) is 9.90 Å². The van der Waals surface area contributed by atoms with Gasteiger partial charge in [0.2, 0.25) is 0 Å². The maximum absolute atomic E-state index is 10.1. The van der Waals surface area contributed by atoms with E-state index in [-0.39, 0.29) is 0 Å². The van der Waals surface area contributed by atoms with Crippen molar-refractivity contribution >= 4 is 22.9 Å². The lowest BCUT2D eigenvalue weighted by molar-refractivity contribution is 0.220. The van der Waals surface area contributed by atoms with Gasteiger partial charge < -0.3 is 5.11 Å². The molecule has 0 aliphatic rings. The Balaban J connectivity index is 2.32. The quantitative estimate of drug-likeness (QED) is 0.844. The predicted molar refractivity (Wildman–Crippen MR) is 64.6 cm³/mol. The minimum absolute atomic E-state index is 0.548. The van der Waals surface area contributed by atoms with Crippen LogP contribution in [0.5, 0.6) is 0 Å². The topological polar surface area (TPSA) is 20.2 Å². The molecule has 0 spiro atoms. The van der Waals surface area contributed by atoms with Crippen LogP contribution in [-0.4, -0.2) is 5.11 Å². The highest BCUT2D eigenvalue weighted by Gasteiger charge is 2.13. The smallest absolute Gasteiger partial charge is 0.105 e. The van der Waals surface area contributed by atoms with E-state index < -0.39 is 6.10 Å². The van der Waals surface area contributed by atoms with Gasteiger partial charge in [0.25, 0.3) is 0 Å². The Kier molecular flexibility index (Phi) is 3.10. The highest BCUT2D eigenvalue weighted by atomic mass is 35.5. The lowest BCUT2D eigenvalue weighted by Gasteiger charge is -2.10. The first-order valence-corrected chi connectivity index (χ1v) is 5.92. The summed E-state index contributed by atoms with van der Waals surface area (Å²) < 4.78 is 0. The van der Waals surface area contributed by atoms with E-state index in [1.54, 1.807) is 23.5 Å². The zero-order valence-corrected chi connectivity index (χ0v) is 9.85. The second kappa shape index (κ2) is 4.35. The largest absolute Gasteiger partial charge is 0.384 e. The summed E-state index contributed by atoms with van der Waals surface area (Å²) in [6, 6.07) is 9.25. The van der Waals surface area contributed by atoms with E-state index in [0.29, 0.717) is 5.02 Å². The Labute approximate surface area is 98.0 Å². The maximum atomic E-state index is 10.1. The van der Waals surface area contributed by atoms with Crippen molar-refractivity contribution in [3.63, 3.8) is 0 Å². The molecule has 1 atom stereocenters. The van der Waals surface area contributed by atoms with E-state index in [9.17, 15) is 5.11 Å². The van der Waals surface area contributed by atoms with Gasteiger partial charge in [-0.2, -0.15) is 0 Å². The molecule has 0 aliphatic carbocycles. The Hall–Kier alpha value is -0.830. The molecule has 0 fully saturated rings. The molecule has 1 nitrogen and oxygen atoms in total. The van der Waals surface area contributed by atoms with Crippen LogP contribution >= 0.6 is 22.9 Å². The first-order chi connectivity index (χ1) is 7.18. The first kappa shape index (κ1) is 10.7. The number of hydrogen-bond donors (Lipinski definition) is 1. The van der Waals surface area contributed by atoms with Gasteiger partial charge in [0.1, 0.15) is 6.10 Å². The molecule has 0 saturated carbocycles. The van der Waals surface area contributed by atoms with Crippen molar-refractivity contribution in [2.24, 2.45) is 0 Å². The van der Waals surface area contributed by atoms with Crippen LogP contribution in [0.2, 0.25) is 5.02 Å². The zero-order valence-electron chi connectivity index (χ0n) is 8.27. The second-order valence-corrected chi connectivity index (χ2v) is 4.94. The Morgan fingerprint density at radius 3 is 2.40 bits per heavy atom. The van der Waals surface area contributed by atoms with Crippen LogP contribution in [0.1, 0.15) is 22.1 Å². The molecular formula is C12H11ClOS. The molecule has 0 bridgehead atoms. The van der Waals surface area contributed by atoms with Gasteiger partial charge in [-0.1, -0.05) is 23.7 Å². The minimum Gasteiger partial charge on any atom is -0.384 e. The summed E-state index contributed by atoms with van der Waals surface area (Å²) in [6.07, 6.45) is -0.548. The normalized spacial score (nSPS) is 12.7. The molecule has 2 rings (SSSR count). The number of aliphatic hydroxyl groups excluding tert-OH is 1. The highest BCUT2D eigenvalue weighted by Crippen LogP contribution is 2.28. The van der Waals surface area contributed by atoms with Crippen LogP contribution in [0, 0.1) is 6.92 Å². The second-order valence-electron chi connectivity index (χ2n) is 3.39. The summed E-state index contributed by atoms with van der Waals surface area (Å²) in [5.74, 6) is 0. The summed E-state index contributed by atoms with van der Waals surface area (Å²) in [5, 5.41) is 12.8. The van der Waals surface area contributed by atoms with Crippen molar-refractivity contribution in [2.75, 3.05) is 0 Å². The van der Waals surface area contributed by atoms with Gasteiger partial charge in [0.05, 0.1) is 0 Å². The monoisotopic (exact) mass is 238 g/mol. The molecule has 1 aromatic carbocycles. The average molecular weight is 239 g/mol. The summed E-state index contributed by atoms with van der Waals surface area (Å²) >= 11 is 7.44.